The summed E-state index contributed by atoms with van der Waals surface area (Å²) in [6.07, 6.45) is 5.73. The van der Waals surface area contributed by atoms with Crippen molar-refractivity contribution in [2.75, 3.05) is 6.61 Å². The van der Waals surface area contributed by atoms with Gasteiger partial charge in [-0.3, -0.25) is 0 Å². The van der Waals surface area contributed by atoms with E-state index < -0.39 is 0 Å². The van der Waals surface area contributed by atoms with Crippen LogP contribution in [0.3, 0.4) is 0 Å². The smallest absolute Gasteiger partial charge is 0.127 e. The van der Waals surface area contributed by atoms with Gasteiger partial charge in [0.05, 0.1) is 6.61 Å². The first-order chi connectivity index (χ1) is 8.55. The van der Waals surface area contributed by atoms with Crippen molar-refractivity contribution in [3.05, 3.63) is 29.3 Å². The molecule has 2 aliphatic rings. The van der Waals surface area contributed by atoms with Crippen LogP contribution in [0.1, 0.15) is 50.7 Å². The van der Waals surface area contributed by atoms with E-state index in [2.05, 4.69) is 32.0 Å². The lowest BCUT2D eigenvalue weighted by Crippen LogP contribution is -2.46. The number of benzene rings is 1. The molecule has 1 unspecified atom stereocenters. The van der Waals surface area contributed by atoms with Gasteiger partial charge in [-0.15, -0.1) is 0 Å². The molecule has 0 radical (unpaired) electrons. The van der Waals surface area contributed by atoms with Crippen molar-refractivity contribution in [1.29, 1.82) is 0 Å². The van der Waals surface area contributed by atoms with Crippen molar-refractivity contribution in [2.45, 2.75) is 51.5 Å². The Hall–Kier alpha value is -1.02. The summed E-state index contributed by atoms with van der Waals surface area (Å²) in [5.74, 6) is 1.08. The summed E-state index contributed by atoms with van der Waals surface area (Å²) >= 11 is 0. The Kier molecular flexibility index (Phi) is 2.67. The lowest BCUT2D eigenvalue weighted by molar-refractivity contribution is 0.196. The fraction of sp³-hybridized carbons (Fsp3) is 0.625. The quantitative estimate of drug-likeness (QED) is 0.823. The second kappa shape index (κ2) is 3.99. The first-order valence-electron chi connectivity index (χ1n) is 7.09. The van der Waals surface area contributed by atoms with Gasteiger partial charge < -0.3 is 10.5 Å². The highest BCUT2D eigenvalue weighted by Crippen LogP contribution is 2.53. The number of aryl methyl sites for hydroxylation is 1. The third-order valence-electron chi connectivity index (χ3n) is 4.99. The normalized spacial score (nSPS) is 29.7. The van der Waals surface area contributed by atoms with Crippen LogP contribution < -0.4 is 10.5 Å². The molecule has 0 amide bonds. The molecule has 2 nitrogen and oxygen atoms in total. The Morgan fingerprint density at radius 3 is 2.72 bits per heavy atom. The topological polar surface area (TPSA) is 35.2 Å². The molecule has 2 N–H and O–H groups in total. The predicted molar refractivity (Wildman–Crippen MR) is 73.8 cm³/mol. The molecule has 0 bridgehead atoms. The minimum Gasteiger partial charge on any atom is -0.493 e. The number of nitrogens with two attached hydrogens (primary N) is 1. The number of hydrogen-bond donors (Lipinski definition) is 1. The van der Waals surface area contributed by atoms with Gasteiger partial charge in [0, 0.05) is 11.1 Å². The fourth-order valence-corrected chi connectivity index (χ4v) is 3.61. The zero-order valence-electron chi connectivity index (χ0n) is 11.5. The van der Waals surface area contributed by atoms with Crippen molar-refractivity contribution in [1.82, 2.24) is 0 Å². The summed E-state index contributed by atoms with van der Waals surface area (Å²) in [7, 11) is 0. The minimum atomic E-state index is -0.227. The SMILES string of the molecule is CC1(C)CCCC1(N)c1cccc2c1OCCC2. The molecular formula is C16H23NO. The van der Waals surface area contributed by atoms with Crippen molar-refractivity contribution in [2.24, 2.45) is 11.1 Å². The maximum atomic E-state index is 6.80. The fourth-order valence-electron chi connectivity index (χ4n) is 3.61. The molecule has 0 aromatic heterocycles. The molecule has 98 valence electrons. The Morgan fingerprint density at radius 1 is 1.17 bits per heavy atom. The van der Waals surface area contributed by atoms with E-state index in [1.165, 1.54) is 24.0 Å². The summed E-state index contributed by atoms with van der Waals surface area (Å²) < 4.78 is 5.95. The molecule has 1 heterocycles. The molecule has 0 saturated heterocycles. The van der Waals surface area contributed by atoms with E-state index in [9.17, 15) is 0 Å². The van der Waals surface area contributed by atoms with Gasteiger partial charge in [-0.2, -0.15) is 0 Å². The van der Waals surface area contributed by atoms with Crippen LogP contribution in [0, 0.1) is 5.41 Å². The van der Waals surface area contributed by atoms with Crippen molar-refractivity contribution in [3.63, 3.8) is 0 Å². The standard InChI is InChI=1S/C16H23NO/c1-15(2)9-5-10-16(15,17)13-8-3-6-12-7-4-11-18-14(12)13/h3,6,8H,4-5,7,9-11,17H2,1-2H3. The average molecular weight is 245 g/mol. The van der Waals surface area contributed by atoms with Crippen LogP contribution in [0.5, 0.6) is 5.75 Å². The summed E-state index contributed by atoms with van der Waals surface area (Å²) in [6.45, 7) is 5.42. The number of rotatable bonds is 1. The molecule has 1 fully saturated rings. The molecule has 1 aliphatic carbocycles. The molecule has 0 spiro atoms. The van der Waals surface area contributed by atoms with E-state index in [1.807, 2.05) is 0 Å². The third-order valence-corrected chi connectivity index (χ3v) is 4.99. The molecule has 1 aliphatic heterocycles. The van der Waals surface area contributed by atoms with E-state index >= 15 is 0 Å². The summed E-state index contributed by atoms with van der Waals surface area (Å²) in [5, 5.41) is 0. The lowest BCUT2D eigenvalue weighted by Gasteiger charge is -2.40. The highest BCUT2D eigenvalue weighted by atomic mass is 16.5. The van der Waals surface area contributed by atoms with Gasteiger partial charge in [0.25, 0.3) is 0 Å². The first kappa shape index (κ1) is 12.0. The van der Waals surface area contributed by atoms with Gasteiger partial charge in [-0.05, 0) is 36.7 Å². The maximum Gasteiger partial charge on any atom is 0.127 e. The minimum absolute atomic E-state index is 0.156. The van der Waals surface area contributed by atoms with Gasteiger partial charge in [-0.25, -0.2) is 0 Å². The van der Waals surface area contributed by atoms with Crippen LogP contribution in [0.2, 0.25) is 0 Å². The molecule has 18 heavy (non-hydrogen) atoms. The third kappa shape index (κ3) is 1.58. The largest absolute Gasteiger partial charge is 0.493 e. The Bertz CT molecular complexity index is 466. The predicted octanol–water partition coefficient (Wildman–Crippen LogP) is 3.38. The second-order valence-corrected chi connectivity index (χ2v) is 6.45. The van der Waals surface area contributed by atoms with Gasteiger partial charge in [0.1, 0.15) is 5.75 Å². The van der Waals surface area contributed by atoms with Gasteiger partial charge in [-0.1, -0.05) is 38.5 Å². The first-order valence-corrected chi connectivity index (χ1v) is 7.09. The Labute approximate surface area is 110 Å². The van der Waals surface area contributed by atoms with Crippen molar-refractivity contribution < 1.29 is 4.74 Å². The molecular weight excluding hydrogens is 222 g/mol. The molecule has 1 aromatic carbocycles. The van der Waals surface area contributed by atoms with Gasteiger partial charge in [0.15, 0.2) is 0 Å². The van der Waals surface area contributed by atoms with Gasteiger partial charge >= 0.3 is 0 Å². The zero-order chi connectivity index (χ0) is 12.8. The van der Waals surface area contributed by atoms with Crippen LogP contribution in [0.4, 0.5) is 0 Å². The van der Waals surface area contributed by atoms with Crippen LogP contribution in [0.15, 0.2) is 18.2 Å². The Morgan fingerprint density at radius 2 is 2.00 bits per heavy atom. The monoisotopic (exact) mass is 245 g/mol. The highest BCUT2D eigenvalue weighted by Gasteiger charge is 2.48. The van der Waals surface area contributed by atoms with Crippen LogP contribution >= 0.6 is 0 Å². The Balaban J connectivity index is 2.12. The van der Waals surface area contributed by atoms with Crippen LogP contribution in [-0.4, -0.2) is 6.61 Å². The zero-order valence-corrected chi connectivity index (χ0v) is 11.5. The highest BCUT2D eigenvalue weighted by molar-refractivity contribution is 5.48. The molecule has 1 saturated carbocycles. The molecule has 1 aromatic rings. The summed E-state index contributed by atoms with van der Waals surface area (Å²) in [6, 6.07) is 6.51. The number of fused-ring (bicyclic) bond motifs is 1. The van der Waals surface area contributed by atoms with E-state index in [1.54, 1.807) is 0 Å². The van der Waals surface area contributed by atoms with E-state index in [-0.39, 0.29) is 11.0 Å². The molecule has 1 atom stereocenters. The second-order valence-electron chi connectivity index (χ2n) is 6.45. The van der Waals surface area contributed by atoms with E-state index in [4.69, 9.17) is 10.5 Å². The number of para-hydroxylation sites is 1. The number of ether oxygens (including phenoxy) is 1. The lowest BCUT2D eigenvalue weighted by atomic mass is 9.70. The van der Waals surface area contributed by atoms with Gasteiger partial charge in [0.2, 0.25) is 0 Å². The van der Waals surface area contributed by atoms with Crippen LogP contribution in [-0.2, 0) is 12.0 Å². The number of hydrogen-bond acceptors (Lipinski definition) is 2. The molecule has 3 rings (SSSR count). The molecule has 2 heteroatoms. The summed E-state index contributed by atoms with van der Waals surface area (Å²) in [5.41, 5.74) is 9.31. The van der Waals surface area contributed by atoms with Crippen molar-refractivity contribution >= 4 is 0 Å². The summed E-state index contributed by atoms with van der Waals surface area (Å²) in [4.78, 5) is 0. The van der Waals surface area contributed by atoms with Crippen LogP contribution in [0.25, 0.3) is 0 Å². The van der Waals surface area contributed by atoms with Crippen molar-refractivity contribution in [3.8, 4) is 5.75 Å². The maximum absolute atomic E-state index is 6.80. The average Bonchev–Trinajstić information content (AvgIpc) is 2.64. The van der Waals surface area contributed by atoms with E-state index in [0.29, 0.717) is 0 Å². The van der Waals surface area contributed by atoms with E-state index in [0.717, 1.165) is 31.6 Å².